The van der Waals surface area contributed by atoms with Crippen LogP contribution in [0, 0.1) is 0 Å². The fourth-order valence-corrected chi connectivity index (χ4v) is 0.280. The fourth-order valence-electron chi connectivity index (χ4n) is 0.280. The van der Waals surface area contributed by atoms with E-state index in [2.05, 4.69) is 0 Å². The predicted molar refractivity (Wildman–Crippen MR) is 24.2 cm³/mol. The van der Waals surface area contributed by atoms with E-state index in [0.29, 0.717) is 0 Å². The Hall–Kier alpha value is 1.02. The summed E-state index contributed by atoms with van der Waals surface area (Å²) in [6.45, 7) is -5.49. The maximum atomic E-state index is 11.4. The molecule has 0 aliphatic heterocycles. The van der Waals surface area contributed by atoms with Crippen LogP contribution in [0.5, 0.6) is 0 Å². The Labute approximate surface area is 102 Å². The number of hydrogen-bond acceptors (Lipinski definition) is 0. The van der Waals surface area contributed by atoms with Gasteiger partial charge in [0, 0.05) is 0 Å². The van der Waals surface area contributed by atoms with Crippen LogP contribution in [-0.2, 0) is 0 Å². The first-order chi connectivity index (χ1) is 4.33. The molecule has 0 saturated heterocycles. The van der Waals surface area contributed by atoms with Crippen molar-refractivity contribution in [3.05, 3.63) is 11.9 Å². The van der Waals surface area contributed by atoms with E-state index in [0.717, 1.165) is 0 Å². The van der Waals surface area contributed by atoms with Gasteiger partial charge in [-0.1, -0.05) is 0 Å². The molecule has 0 nitrogen and oxygen atoms in total. The molecule has 0 radical (unpaired) electrons. The first-order valence-electron chi connectivity index (χ1n) is 2.23. The molecule has 0 bridgehead atoms. The van der Waals surface area contributed by atoms with Crippen LogP contribution in [0.3, 0.4) is 0 Å². The van der Waals surface area contributed by atoms with Gasteiger partial charge in [-0.3, -0.25) is 0 Å². The Morgan fingerprint density at radius 3 is 1.45 bits per heavy atom. The van der Waals surface area contributed by atoms with E-state index in [9.17, 15) is 26.1 Å². The maximum Gasteiger partial charge on any atom is 1.00 e. The first-order valence-corrected chi connectivity index (χ1v) is 2.23. The molecule has 0 amide bonds. The Bertz CT molecular complexity index is 146. The van der Waals surface area contributed by atoms with Crippen LogP contribution in [0.4, 0.5) is 26.1 Å². The molecule has 0 N–H and O–H groups in total. The minimum absolute atomic E-state index is 0. The molecule has 0 aliphatic rings. The minimum atomic E-state index is -5.49. The zero-order valence-corrected chi connectivity index (χ0v) is 8.68. The van der Waals surface area contributed by atoms with Crippen molar-refractivity contribution in [1.29, 1.82) is 0 Å². The van der Waals surface area contributed by atoms with Crippen LogP contribution in [0.2, 0.25) is 6.32 Å². The molecule has 0 aliphatic carbocycles. The van der Waals surface area contributed by atoms with E-state index in [4.69, 9.17) is 0 Å². The van der Waals surface area contributed by atoms with Gasteiger partial charge in [-0.2, -0.15) is 8.78 Å². The second-order valence-corrected chi connectivity index (χ2v) is 1.58. The van der Waals surface area contributed by atoms with E-state index < -0.39 is 25.2 Å². The molecule has 0 fully saturated rings. The van der Waals surface area contributed by atoms with Crippen molar-refractivity contribution in [3.63, 3.8) is 0 Å². The van der Waals surface area contributed by atoms with Crippen molar-refractivity contribution >= 4 is 6.98 Å². The summed E-state index contributed by atoms with van der Waals surface area (Å²) in [5.74, 6) is -2.40. The van der Waals surface area contributed by atoms with Gasteiger partial charge in [0.15, 0.2) is 0 Å². The summed E-state index contributed by atoms with van der Waals surface area (Å²) in [7, 11) is 0. The number of allylic oxidation sites excluding steroid dienone is 1. The molecule has 11 heavy (non-hydrogen) atoms. The molecule has 0 saturated carbocycles. The van der Waals surface area contributed by atoms with Crippen molar-refractivity contribution in [2.75, 3.05) is 0 Å². The summed E-state index contributed by atoms with van der Waals surface area (Å²) in [5, 5.41) is 0. The quantitative estimate of drug-likeness (QED) is 0.433. The van der Waals surface area contributed by atoms with E-state index in [-0.39, 0.29) is 51.4 Å². The van der Waals surface area contributed by atoms with Gasteiger partial charge in [0.25, 0.3) is 6.08 Å². The van der Waals surface area contributed by atoms with Crippen molar-refractivity contribution in [1.82, 2.24) is 0 Å². The second kappa shape index (κ2) is 5.63. The maximum absolute atomic E-state index is 11.4. The van der Waals surface area contributed by atoms with E-state index in [1.807, 2.05) is 0 Å². The summed E-state index contributed by atoms with van der Waals surface area (Å²) < 4.78 is 66.8. The third-order valence-corrected chi connectivity index (χ3v) is 0.616. The number of halogens is 6. The van der Waals surface area contributed by atoms with Gasteiger partial charge in [0.1, 0.15) is 5.83 Å². The molecule has 0 atom stereocenters. The van der Waals surface area contributed by atoms with E-state index in [1.54, 1.807) is 0 Å². The van der Waals surface area contributed by atoms with Crippen LogP contribution in [0.25, 0.3) is 0 Å². The van der Waals surface area contributed by atoms with E-state index >= 15 is 0 Å². The van der Waals surface area contributed by atoms with Gasteiger partial charge in [-0.15, -0.1) is 0 Å². The van der Waals surface area contributed by atoms with Gasteiger partial charge in [0.2, 0.25) is 0 Å². The molecule has 0 aromatic heterocycles. The second-order valence-electron chi connectivity index (χ2n) is 1.58. The zero-order chi connectivity index (χ0) is 8.36. The third kappa shape index (κ3) is 8.93. The molecule has 0 aromatic rings. The molecule has 0 rings (SSSR count). The van der Waals surface area contributed by atoms with Gasteiger partial charge >= 0.3 is 58.4 Å². The van der Waals surface area contributed by atoms with Crippen LogP contribution >= 0.6 is 0 Å². The molecule has 60 valence electrons. The molecule has 0 spiro atoms. The van der Waals surface area contributed by atoms with E-state index in [1.165, 1.54) is 0 Å². The number of rotatable bonds is 2. The van der Waals surface area contributed by atoms with Crippen molar-refractivity contribution in [2.24, 2.45) is 0 Å². The average molecular weight is 202 g/mol. The molecule has 0 aromatic carbocycles. The minimum Gasteiger partial charge on any atom is -0.449 e. The molecular weight excluding hydrogens is 200 g/mol. The topological polar surface area (TPSA) is 0 Å². The van der Waals surface area contributed by atoms with Crippen molar-refractivity contribution in [3.8, 4) is 0 Å². The standard InChI is InChI=1S/C3H2BF6.K/c5-2(3(6)7)1-4(8,9)10;/h1H2;/q-1;+1. The van der Waals surface area contributed by atoms with Crippen molar-refractivity contribution < 1.29 is 77.5 Å². The van der Waals surface area contributed by atoms with Gasteiger partial charge in [0.05, 0.1) is 0 Å². The van der Waals surface area contributed by atoms with Crippen LogP contribution in [0.1, 0.15) is 0 Å². The normalized spacial score (nSPS) is 10.4. The SMILES string of the molecule is FC(F)=C(F)C[B-](F)(F)F.[K+]. The first kappa shape index (κ1) is 14.5. The van der Waals surface area contributed by atoms with Crippen LogP contribution < -0.4 is 51.4 Å². The monoisotopic (exact) mass is 202 g/mol. The van der Waals surface area contributed by atoms with Crippen LogP contribution in [0.15, 0.2) is 11.9 Å². The Morgan fingerprint density at radius 2 is 1.36 bits per heavy atom. The fraction of sp³-hybridized carbons (Fsp3) is 0.333. The summed E-state index contributed by atoms with van der Waals surface area (Å²) in [4.78, 5) is 0. The summed E-state index contributed by atoms with van der Waals surface area (Å²) >= 11 is 0. The molecular formula is C3H2BF6K. The van der Waals surface area contributed by atoms with Crippen LogP contribution in [-0.4, -0.2) is 6.98 Å². The zero-order valence-electron chi connectivity index (χ0n) is 5.55. The summed E-state index contributed by atoms with van der Waals surface area (Å²) in [6.07, 6.45) is -5.04. The van der Waals surface area contributed by atoms with Crippen molar-refractivity contribution in [2.45, 2.75) is 6.32 Å². The average Bonchev–Trinajstić information content (AvgIpc) is 1.60. The Kier molecular flexibility index (Phi) is 7.44. The summed E-state index contributed by atoms with van der Waals surface area (Å²) in [6, 6.07) is 0. The Morgan fingerprint density at radius 1 is 1.00 bits per heavy atom. The number of hydrogen-bond donors (Lipinski definition) is 0. The smallest absolute Gasteiger partial charge is 0.449 e. The third-order valence-electron chi connectivity index (χ3n) is 0.616. The predicted octanol–water partition coefficient (Wildman–Crippen LogP) is -0.0846. The Balaban J connectivity index is 0. The summed E-state index contributed by atoms with van der Waals surface area (Å²) in [5.41, 5.74) is 0. The molecule has 0 unspecified atom stereocenters. The van der Waals surface area contributed by atoms with Gasteiger partial charge < -0.3 is 12.9 Å². The van der Waals surface area contributed by atoms with Gasteiger partial charge in [-0.25, -0.2) is 4.39 Å². The molecule has 8 heteroatoms. The molecule has 0 heterocycles. The largest absolute Gasteiger partial charge is 1.00 e. The van der Waals surface area contributed by atoms with Gasteiger partial charge in [-0.05, 0) is 6.32 Å².